The van der Waals surface area contributed by atoms with E-state index in [2.05, 4.69) is 16.0 Å². The first-order valence-corrected chi connectivity index (χ1v) is 14.3. The molecule has 1 spiro atoms. The molecular formula is C28H40F3N5O5. The van der Waals surface area contributed by atoms with Crippen molar-refractivity contribution in [2.75, 3.05) is 6.54 Å². The van der Waals surface area contributed by atoms with Gasteiger partial charge in [0.2, 0.25) is 29.5 Å². The maximum atomic E-state index is 13.9. The second-order valence-corrected chi connectivity index (χ2v) is 14.6. The van der Waals surface area contributed by atoms with E-state index in [9.17, 15) is 37.1 Å². The molecule has 0 aromatic rings. The number of carbonyl (C=O) groups is 5. The van der Waals surface area contributed by atoms with Crippen molar-refractivity contribution >= 4 is 29.5 Å². The molecule has 6 atom stereocenters. The van der Waals surface area contributed by atoms with E-state index in [0.717, 1.165) is 12.8 Å². The highest BCUT2D eigenvalue weighted by atomic mass is 19.4. The molecule has 5 rings (SSSR count). The number of piperidine rings is 1. The zero-order chi connectivity index (χ0) is 30.5. The van der Waals surface area contributed by atoms with Crippen molar-refractivity contribution in [1.29, 1.82) is 0 Å². The summed E-state index contributed by atoms with van der Waals surface area (Å²) in [4.78, 5) is 66.7. The number of likely N-dealkylation sites (tertiary alicyclic amines) is 1. The van der Waals surface area contributed by atoms with Gasteiger partial charge < -0.3 is 26.6 Å². The molecule has 3 saturated carbocycles. The molecular weight excluding hydrogens is 543 g/mol. The molecule has 10 nitrogen and oxygen atoms in total. The van der Waals surface area contributed by atoms with Gasteiger partial charge in [0.1, 0.15) is 23.5 Å². The van der Waals surface area contributed by atoms with Gasteiger partial charge in [0.15, 0.2) is 0 Å². The molecule has 2 saturated heterocycles. The number of amides is 5. The van der Waals surface area contributed by atoms with Crippen molar-refractivity contribution in [3.05, 3.63) is 0 Å². The van der Waals surface area contributed by atoms with Gasteiger partial charge in [-0.25, -0.2) is 0 Å². The Bertz CT molecular complexity index is 1190. The van der Waals surface area contributed by atoms with Crippen LogP contribution in [0.1, 0.15) is 73.1 Å². The maximum Gasteiger partial charge on any atom is 0.403 e. The van der Waals surface area contributed by atoms with Crippen LogP contribution in [-0.4, -0.2) is 70.8 Å². The Morgan fingerprint density at radius 2 is 1.68 bits per heavy atom. The lowest BCUT2D eigenvalue weighted by atomic mass is 9.84. The molecule has 0 bridgehead atoms. The highest BCUT2D eigenvalue weighted by Crippen LogP contribution is 2.65. The van der Waals surface area contributed by atoms with E-state index < -0.39 is 64.7 Å². The lowest BCUT2D eigenvalue weighted by Gasteiger charge is -2.38. The Hall–Kier alpha value is -2.86. The molecule has 3 aliphatic carbocycles. The Balaban J connectivity index is 1.34. The first kappa shape index (κ1) is 29.6. The summed E-state index contributed by atoms with van der Waals surface area (Å²) in [7, 11) is 0. The summed E-state index contributed by atoms with van der Waals surface area (Å²) in [5.41, 5.74) is 1.67. The lowest BCUT2D eigenvalue weighted by molar-refractivity contribution is -0.193. The van der Waals surface area contributed by atoms with Crippen LogP contribution in [0.4, 0.5) is 13.2 Å². The van der Waals surface area contributed by atoms with Crippen molar-refractivity contribution in [2.24, 2.45) is 39.7 Å². The second kappa shape index (κ2) is 9.07. The first-order valence-electron chi connectivity index (χ1n) is 14.3. The Morgan fingerprint density at radius 3 is 2.15 bits per heavy atom. The molecule has 13 heteroatoms. The second-order valence-electron chi connectivity index (χ2n) is 14.6. The van der Waals surface area contributed by atoms with Crippen LogP contribution in [0.25, 0.3) is 0 Å². The molecule has 0 aromatic carbocycles. The fourth-order valence-corrected chi connectivity index (χ4v) is 7.10. The third-order valence-corrected chi connectivity index (χ3v) is 10.3. The van der Waals surface area contributed by atoms with Gasteiger partial charge in [-0.15, -0.1) is 0 Å². The predicted molar refractivity (Wildman–Crippen MR) is 139 cm³/mol. The van der Waals surface area contributed by atoms with Crippen LogP contribution < -0.4 is 21.7 Å². The number of halogens is 3. The summed E-state index contributed by atoms with van der Waals surface area (Å²) >= 11 is 0. The normalized spacial score (nSPS) is 31.5. The third kappa shape index (κ3) is 4.96. The molecule has 5 fully saturated rings. The van der Waals surface area contributed by atoms with E-state index in [1.165, 1.54) is 4.90 Å². The summed E-state index contributed by atoms with van der Waals surface area (Å²) < 4.78 is 40.9. The number of nitrogens with two attached hydrogens (primary N) is 1. The highest BCUT2D eigenvalue weighted by Gasteiger charge is 2.71. The van der Waals surface area contributed by atoms with Crippen LogP contribution in [0.15, 0.2) is 0 Å². The minimum atomic E-state index is -4.73. The number of primary amides is 1. The molecule has 41 heavy (non-hydrogen) atoms. The van der Waals surface area contributed by atoms with Crippen LogP contribution in [-0.2, 0) is 24.0 Å². The number of fused-ring (bicyclic) bond motifs is 1. The molecule has 0 aromatic heterocycles. The van der Waals surface area contributed by atoms with E-state index in [1.54, 1.807) is 20.8 Å². The summed E-state index contributed by atoms with van der Waals surface area (Å²) in [5.74, 6) is -4.23. The number of rotatable bonds is 8. The van der Waals surface area contributed by atoms with E-state index >= 15 is 0 Å². The number of nitrogens with zero attached hydrogens (tertiary/aromatic N) is 1. The molecule has 5 amide bonds. The van der Waals surface area contributed by atoms with Crippen molar-refractivity contribution < 1.29 is 37.1 Å². The highest BCUT2D eigenvalue weighted by molar-refractivity contribution is 5.97. The minimum absolute atomic E-state index is 0.0347. The fraction of sp³-hybridized carbons (Fsp3) is 0.821. The smallest absolute Gasteiger partial charge is 0.368 e. The topological polar surface area (TPSA) is 151 Å². The lowest BCUT2D eigenvalue weighted by Crippen LogP contribution is -2.61. The van der Waals surface area contributed by atoms with Crippen molar-refractivity contribution in [3.63, 3.8) is 0 Å². The summed E-state index contributed by atoms with van der Waals surface area (Å²) in [6, 6.07) is -3.45. The van der Waals surface area contributed by atoms with Gasteiger partial charge in [-0.3, -0.25) is 24.0 Å². The molecule has 2 heterocycles. The minimum Gasteiger partial charge on any atom is -0.368 e. The Kier molecular flexibility index (Phi) is 6.55. The molecule has 5 N–H and O–H groups in total. The van der Waals surface area contributed by atoms with Crippen molar-refractivity contribution in [1.82, 2.24) is 20.9 Å². The molecule has 228 valence electrons. The number of carbonyl (C=O) groups excluding carboxylic acids is 5. The van der Waals surface area contributed by atoms with Crippen LogP contribution in [0.2, 0.25) is 0 Å². The van der Waals surface area contributed by atoms with Gasteiger partial charge in [0, 0.05) is 18.0 Å². The van der Waals surface area contributed by atoms with Gasteiger partial charge >= 0.3 is 6.18 Å². The van der Waals surface area contributed by atoms with Crippen LogP contribution in [0, 0.1) is 34.0 Å². The van der Waals surface area contributed by atoms with Crippen LogP contribution in [0.3, 0.4) is 0 Å². The number of hydrogen-bond donors (Lipinski definition) is 4. The summed E-state index contributed by atoms with van der Waals surface area (Å²) in [6.45, 7) is 9.05. The number of alkyl halides is 3. The molecule has 0 unspecified atom stereocenters. The molecule has 0 radical (unpaired) electrons. The van der Waals surface area contributed by atoms with Crippen LogP contribution >= 0.6 is 0 Å². The van der Waals surface area contributed by atoms with E-state index in [1.807, 2.05) is 13.8 Å². The van der Waals surface area contributed by atoms with E-state index in [0.29, 0.717) is 6.42 Å². The van der Waals surface area contributed by atoms with Gasteiger partial charge in [-0.05, 0) is 61.2 Å². The zero-order valence-corrected chi connectivity index (χ0v) is 24.1. The number of hydrogen-bond acceptors (Lipinski definition) is 5. The van der Waals surface area contributed by atoms with E-state index in [4.69, 9.17) is 5.73 Å². The Labute approximate surface area is 237 Å². The standard InChI is InChI=1S/C28H40F3N5O5/c1-24(2,3)18(34-23(41)27(8-9-27)28(29,30)31)22(40)36-12-14-16(25(14,4)5)17(36)21(39)33-15(19(32)37)10-13-11-26(6-7-26)35-20(13)38/h13-18H,6-12H2,1-5H3,(H2,32,37)(H,33,39)(H,34,41)(H,35,38)/t13-,14+,15+,16+,17+,18-/m1/s1. The van der Waals surface area contributed by atoms with Gasteiger partial charge in [0.25, 0.3) is 0 Å². The summed E-state index contributed by atoms with van der Waals surface area (Å²) in [5, 5.41) is 8.02. The van der Waals surface area contributed by atoms with Gasteiger partial charge in [-0.2, -0.15) is 13.2 Å². The SMILES string of the molecule is CC(C)(C)[C@H](NC(=O)C1(C(F)(F)F)CC1)C(=O)N1C[C@H]2[C@@H]([C@H]1C(=O)N[C@@H](C[C@@H]1CC3(CC3)NC1=O)C(N)=O)C2(C)C. The first-order chi connectivity index (χ1) is 18.7. The largest absolute Gasteiger partial charge is 0.403 e. The number of nitrogens with one attached hydrogen (secondary N) is 3. The van der Waals surface area contributed by atoms with Crippen molar-refractivity contribution in [2.45, 2.75) is 103 Å². The quantitative estimate of drug-likeness (QED) is 0.340. The predicted octanol–water partition coefficient (Wildman–Crippen LogP) is 1.37. The molecule has 2 aliphatic heterocycles. The molecule has 5 aliphatic rings. The fourth-order valence-electron chi connectivity index (χ4n) is 7.10. The van der Waals surface area contributed by atoms with Crippen molar-refractivity contribution in [3.8, 4) is 0 Å². The third-order valence-electron chi connectivity index (χ3n) is 10.3. The van der Waals surface area contributed by atoms with Crippen LogP contribution in [0.5, 0.6) is 0 Å². The monoisotopic (exact) mass is 583 g/mol. The maximum absolute atomic E-state index is 13.9. The Morgan fingerprint density at radius 1 is 1.07 bits per heavy atom. The summed E-state index contributed by atoms with van der Waals surface area (Å²) in [6.07, 6.45) is -3.07. The average molecular weight is 584 g/mol. The zero-order valence-electron chi connectivity index (χ0n) is 24.1. The van der Waals surface area contributed by atoms with Gasteiger partial charge in [-0.1, -0.05) is 34.6 Å². The van der Waals surface area contributed by atoms with E-state index in [-0.39, 0.29) is 54.5 Å². The average Bonchev–Trinajstić information content (AvgIpc) is 3.77. The van der Waals surface area contributed by atoms with Gasteiger partial charge in [0.05, 0.1) is 0 Å².